The first-order valence-corrected chi connectivity index (χ1v) is 10.8. The molecule has 1 saturated heterocycles. The van der Waals surface area contributed by atoms with Crippen molar-refractivity contribution in [3.05, 3.63) is 64.8 Å². The van der Waals surface area contributed by atoms with E-state index in [0.29, 0.717) is 23.6 Å². The molecule has 0 spiro atoms. The van der Waals surface area contributed by atoms with Gasteiger partial charge in [0.1, 0.15) is 11.9 Å². The van der Waals surface area contributed by atoms with E-state index in [-0.39, 0.29) is 29.1 Å². The zero-order chi connectivity index (χ0) is 24.3. The van der Waals surface area contributed by atoms with Gasteiger partial charge in [0, 0.05) is 23.7 Å². The molecule has 1 aliphatic rings. The number of rotatable bonds is 5. The lowest BCUT2D eigenvalue weighted by Crippen LogP contribution is -2.35. The van der Waals surface area contributed by atoms with Crippen LogP contribution in [0.2, 0.25) is 5.02 Å². The van der Waals surface area contributed by atoms with E-state index >= 15 is 0 Å². The molecule has 0 bridgehead atoms. The zero-order valence-electron chi connectivity index (χ0n) is 18.1. The van der Waals surface area contributed by atoms with Gasteiger partial charge in [-0.1, -0.05) is 23.7 Å². The molecule has 2 aromatic carbocycles. The van der Waals surface area contributed by atoms with E-state index in [1.54, 1.807) is 24.3 Å². The standard InChI is InChI=1S/C23H20ClF3N4O3/c1-31-11-9-18(10-12-31)34-22(32)19-21(33-17-7-5-16(24)6-8-17)28-20(30-29-19)14-3-2-4-15(13-14)23(25,26)27/h2-8,13,18H,9-12H2,1H3. The number of alkyl halides is 3. The van der Waals surface area contributed by atoms with Gasteiger partial charge < -0.3 is 14.4 Å². The summed E-state index contributed by atoms with van der Waals surface area (Å²) in [5.41, 5.74) is -1.07. The van der Waals surface area contributed by atoms with Crippen LogP contribution in [-0.4, -0.2) is 52.3 Å². The van der Waals surface area contributed by atoms with E-state index in [9.17, 15) is 18.0 Å². The van der Waals surface area contributed by atoms with Gasteiger partial charge in [-0.3, -0.25) is 0 Å². The molecule has 0 aliphatic carbocycles. The Labute approximate surface area is 198 Å². The Balaban J connectivity index is 1.66. The van der Waals surface area contributed by atoms with Crippen molar-refractivity contribution in [2.45, 2.75) is 25.1 Å². The van der Waals surface area contributed by atoms with Crippen molar-refractivity contribution in [1.82, 2.24) is 20.1 Å². The van der Waals surface area contributed by atoms with Gasteiger partial charge in [-0.25, -0.2) is 4.79 Å². The van der Waals surface area contributed by atoms with Crippen molar-refractivity contribution in [2.24, 2.45) is 0 Å². The number of halogens is 4. The molecular weight excluding hydrogens is 473 g/mol. The first-order chi connectivity index (χ1) is 16.2. The largest absolute Gasteiger partial charge is 0.457 e. The molecular formula is C23H20ClF3N4O3. The topological polar surface area (TPSA) is 77.4 Å². The fraction of sp³-hybridized carbons (Fsp3) is 0.304. The number of ether oxygens (including phenoxy) is 2. The summed E-state index contributed by atoms with van der Waals surface area (Å²) in [4.78, 5) is 19.2. The summed E-state index contributed by atoms with van der Waals surface area (Å²) >= 11 is 5.91. The Morgan fingerprint density at radius 1 is 1.09 bits per heavy atom. The van der Waals surface area contributed by atoms with Crippen LogP contribution >= 0.6 is 11.6 Å². The molecule has 178 valence electrons. The normalized spacial score (nSPS) is 15.2. The van der Waals surface area contributed by atoms with Crippen LogP contribution in [0.3, 0.4) is 0 Å². The number of carbonyl (C=O) groups excluding carboxylic acids is 1. The molecule has 0 amide bonds. The molecule has 0 N–H and O–H groups in total. The summed E-state index contributed by atoms with van der Waals surface area (Å²) in [5.74, 6) is -0.837. The number of hydrogen-bond donors (Lipinski definition) is 0. The van der Waals surface area contributed by atoms with Gasteiger partial charge >= 0.3 is 12.1 Å². The van der Waals surface area contributed by atoms with Gasteiger partial charge in [0.2, 0.25) is 5.69 Å². The van der Waals surface area contributed by atoms with Crippen LogP contribution in [0.5, 0.6) is 11.6 Å². The second kappa shape index (κ2) is 9.94. The lowest BCUT2D eigenvalue weighted by molar-refractivity contribution is -0.137. The third kappa shape index (κ3) is 5.81. The number of esters is 1. The van der Waals surface area contributed by atoms with Crippen molar-refractivity contribution < 1.29 is 27.4 Å². The van der Waals surface area contributed by atoms with E-state index in [1.807, 2.05) is 7.05 Å². The average Bonchev–Trinajstić information content (AvgIpc) is 2.81. The van der Waals surface area contributed by atoms with Gasteiger partial charge in [0.15, 0.2) is 5.82 Å². The fourth-order valence-electron chi connectivity index (χ4n) is 3.39. The van der Waals surface area contributed by atoms with E-state index in [4.69, 9.17) is 21.1 Å². The minimum absolute atomic E-state index is 0.0681. The van der Waals surface area contributed by atoms with E-state index in [2.05, 4.69) is 20.1 Å². The smallest absolute Gasteiger partial charge is 0.416 e. The van der Waals surface area contributed by atoms with Crippen LogP contribution < -0.4 is 4.74 Å². The highest BCUT2D eigenvalue weighted by Gasteiger charge is 2.31. The second-order valence-electron chi connectivity index (χ2n) is 7.83. The third-order valence-corrected chi connectivity index (χ3v) is 5.52. The van der Waals surface area contributed by atoms with Crippen molar-refractivity contribution in [3.63, 3.8) is 0 Å². The van der Waals surface area contributed by atoms with E-state index < -0.39 is 17.7 Å². The Morgan fingerprint density at radius 2 is 1.79 bits per heavy atom. The number of carbonyl (C=O) groups is 1. The fourth-order valence-corrected chi connectivity index (χ4v) is 3.52. The number of benzene rings is 2. The third-order valence-electron chi connectivity index (χ3n) is 5.26. The summed E-state index contributed by atoms with van der Waals surface area (Å²) < 4.78 is 50.8. The molecule has 0 saturated carbocycles. The maximum Gasteiger partial charge on any atom is 0.416 e. The summed E-state index contributed by atoms with van der Waals surface area (Å²) in [6, 6.07) is 10.8. The minimum atomic E-state index is -4.54. The number of hydrogen-bond acceptors (Lipinski definition) is 7. The Hall–Kier alpha value is -3.24. The monoisotopic (exact) mass is 492 g/mol. The second-order valence-corrected chi connectivity index (χ2v) is 8.27. The van der Waals surface area contributed by atoms with Crippen LogP contribution in [0.1, 0.15) is 28.9 Å². The van der Waals surface area contributed by atoms with Crippen LogP contribution in [0.4, 0.5) is 13.2 Å². The maximum absolute atomic E-state index is 13.1. The van der Waals surface area contributed by atoms with Crippen molar-refractivity contribution in [3.8, 4) is 23.0 Å². The zero-order valence-corrected chi connectivity index (χ0v) is 18.8. The van der Waals surface area contributed by atoms with Crippen molar-refractivity contribution in [2.75, 3.05) is 20.1 Å². The SMILES string of the molecule is CN1CCC(OC(=O)c2nnc(-c3cccc(C(F)(F)F)c3)nc2Oc2ccc(Cl)cc2)CC1. The number of nitrogens with zero attached hydrogens (tertiary/aromatic N) is 4. The molecule has 3 aromatic rings. The molecule has 2 heterocycles. The summed E-state index contributed by atoms with van der Waals surface area (Å²) in [5, 5.41) is 8.26. The quantitative estimate of drug-likeness (QED) is 0.450. The Kier molecular flexibility index (Phi) is 6.99. The Morgan fingerprint density at radius 3 is 2.47 bits per heavy atom. The van der Waals surface area contributed by atoms with Gasteiger partial charge in [-0.15, -0.1) is 10.2 Å². The molecule has 0 atom stereocenters. The molecule has 1 aliphatic heterocycles. The molecule has 34 heavy (non-hydrogen) atoms. The van der Waals surface area contributed by atoms with Crippen LogP contribution in [0, 0.1) is 0 Å². The average molecular weight is 493 g/mol. The van der Waals surface area contributed by atoms with Crippen molar-refractivity contribution in [1.29, 1.82) is 0 Å². The lowest BCUT2D eigenvalue weighted by Gasteiger charge is -2.28. The molecule has 1 fully saturated rings. The first-order valence-electron chi connectivity index (χ1n) is 10.4. The van der Waals surface area contributed by atoms with Gasteiger partial charge in [-0.05, 0) is 56.3 Å². The summed E-state index contributed by atoms with van der Waals surface area (Å²) in [7, 11) is 1.98. The number of piperidine rings is 1. The Bertz CT molecular complexity index is 1170. The highest BCUT2D eigenvalue weighted by atomic mass is 35.5. The van der Waals surface area contributed by atoms with Crippen LogP contribution in [0.25, 0.3) is 11.4 Å². The summed E-state index contributed by atoms with van der Waals surface area (Å²) in [6.45, 7) is 1.56. The molecule has 0 unspecified atom stereocenters. The summed E-state index contributed by atoms with van der Waals surface area (Å²) in [6.07, 6.45) is -3.50. The van der Waals surface area contributed by atoms with Crippen molar-refractivity contribution >= 4 is 17.6 Å². The minimum Gasteiger partial charge on any atom is -0.457 e. The predicted molar refractivity (Wildman–Crippen MR) is 118 cm³/mol. The molecule has 7 nitrogen and oxygen atoms in total. The van der Waals surface area contributed by atoms with E-state index in [1.165, 1.54) is 12.1 Å². The molecule has 4 rings (SSSR count). The lowest BCUT2D eigenvalue weighted by atomic mass is 10.1. The molecule has 11 heteroatoms. The van der Waals surface area contributed by atoms with Crippen LogP contribution in [0.15, 0.2) is 48.5 Å². The first kappa shape index (κ1) is 23.9. The molecule has 0 radical (unpaired) electrons. The highest BCUT2D eigenvalue weighted by molar-refractivity contribution is 6.30. The van der Waals surface area contributed by atoms with Gasteiger partial charge in [0.25, 0.3) is 5.88 Å². The maximum atomic E-state index is 13.1. The number of likely N-dealkylation sites (tertiary alicyclic amines) is 1. The van der Waals surface area contributed by atoms with Gasteiger partial charge in [-0.2, -0.15) is 18.2 Å². The molecule has 1 aromatic heterocycles. The van der Waals surface area contributed by atoms with E-state index in [0.717, 1.165) is 25.2 Å². The van der Waals surface area contributed by atoms with Crippen LogP contribution in [-0.2, 0) is 10.9 Å². The highest BCUT2D eigenvalue weighted by Crippen LogP contribution is 2.32. The van der Waals surface area contributed by atoms with Gasteiger partial charge in [0.05, 0.1) is 5.56 Å². The number of aromatic nitrogens is 3. The predicted octanol–water partition coefficient (Wildman–Crippen LogP) is 5.25.